The Balaban J connectivity index is 2.62. The molecule has 110 valence electrons. The summed E-state index contributed by atoms with van der Waals surface area (Å²) in [5.41, 5.74) is 6.63. The third-order valence-electron chi connectivity index (χ3n) is 2.74. The average molecular weight is 277 g/mol. The van der Waals surface area contributed by atoms with Crippen molar-refractivity contribution in [2.75, 3.05) is 11.9 Å². The van der Waals surface area contributed by atoms with Gasteiger partial charge in [0.15, 0.2) is 0 Å². The van der Waals surface area contributed by atoms with Gasteiger partial charge in [0, 0.05) is 29.8 Å². The molecule has 0 saturated heterocycles. The van der Waals surface area contributed by atoms with E-state index >= 15 is 0 Å². The molecule has 0 atom stereocenters. The second kappa shape index (κ2) is 7.05. The molecule has 0 aliphatic heterocycles. The highest BCUT2D eigenvalue weighted by Crippen LogP contribution is 2.13. The molecule has 0 aliphatic rings. The summed E-state index contributed by atoms with van der Waals surface area (Å²) in [6.07, 6.45) is 0.962. The fourth-order valence-electron chi connectivity index (χ4n) is 1.66. The average Bonchev–Trinajstić information content (AvgIpc) is 2.36. The van der Waals surface area contributed by atoms with Gasteiger partial charge in [0.05, 0.1) is 0 Å². The van der Waals surface area contributed by atoms with Gasteiger partial charge in [-0.25, -0.2) is 0 Å². The maximum atomic E-state index is 11.8. The highest BCUT2D eigenvalue weighted by molar-refractivity contribution is 5.97. The minimum absolute atomic E-state index is 0.100. The Bertz CT molecular complexity index is 478. The van der Waals surface area contributed by atoms with Gasteiger partial charge in [0.1, 0.15) is 0 Å². The first-order chi connectivity index (χ1) is 9.31. The summed E-state index contributed by atoms with van der Waals surface area (Å²) < 4.78 is 0. The van der Waals surface area contributed by atoms with Crippen LogP contribution in [0.5, 0.6) is 0 Å². The lowest BCUT2D eigenvalue weighted by atomic mass is 10.00. The van der Waals surface area contributed by atoms with Gasteiger partial charge in [0.25, 0.3) is 5.91 Å². The van der Waals surface area contributed by atoms with Gasteiger partial charge in [-0.2, -0.15) is 0 Å². The lowest BCUT2D eigenvalue weighted by Crippen LogP contribution is -2.33. The molecular weight excluding hydrogens is 254 g/mol. The number of amides is 2. The number of nitrogens with one attached hydrogen (secondary N) is 2. The maximum absolute atomic E-state index is 11.8. The van der Waals surface area contributed by atoms with Gasteiger partial charge in [0.2, 0.25) is 5.91 Å². The third-order valence-corrected chi connectivity index (χ3v) is 2.74. The minimum atomic E-state index is -0.361. The van der Waals surface area contributed by atoms with Crippen LogP contribution in [0.25, 0.3) is 0 Å². The van der Waals surface area contributed by atoms with E-state index in [1.165, 1.54) is 0 Å². The van der Waals surface area contributed by atoms with Crippen molar-refractivity contribution in [2.24, 2.45) is 5.73 Å². The van der Waals surface area contributed by atoms with E-state index in [4.69, 9.17) is 5.73 Å². The van der Waals surface area contributed by atoms with Crippen molar-refractivity contribution in [3.63, 3.8) is 0 Å². The molecule has 1 aromatic rings. The van der Waals surface area contributed by atoms with E-state index in [-0.39, 0.29) is 17.4 Å². The smallest absolute Gasteiger partial charge is 0.251 e. The van der Waals surface area contributed by atoms with E-state index in [2.05, 4.69) is 10.6 Å². The van der Waals surface area contributed by atoms with Crippen LogP contribution < -0.4 is 16.4 Å². The Morgan fingerprint density at radius 2 is 2.00 bits per heavy atom. The Kier molecular flexibility index (Phi) is 5.70. The van der Waals surface area contributed by atoms with E-state index in [0.29, 0.717) is 30.6 Å². The van der Waals surface area contributed by atoms with E-state index in [1.807, 2.05) is 20.8 Å². The predicted molar refractivity (Wildman–Crippen MR) is 80.6 cm³/mol. The molecule has 0 heterocycles. The zero-order chi connectivity index (χ0) is 15.2. The SMILES string of the molecule is CCNC(=O)c1cccc(NC(=O)CCC(C)(C)N)c1. The number of hydrogen-bond acceptors (Lipinski definition) is 3. The maximum Gasteiger partial charge on any atom is 0.251 e. The van der Waals surface area contributed by atoms with Crippen LogP contribution in [-0.4, -0.2) is 23.9 Å². The van der Waals surface area contributed by atoms with Gasteiger partial charge in [-0.05, 0) is 45.4 Å². The molecule has 2 amide bonds. The predicted octanol–water partition coefficient (Wildman–Crippen LogP) is 1.89. The zero-order valence-electron chi connectivity index (χ0n) is 12.3. The first kappa shape index (κ1) is 16.2. The largest absolute Gasteiger partial charge is 0.352 e. The van der Waals surface area contributed by atoms with Crippen LogP contribution in [-0.2, 0) is 4.79 Å². The Morgan fingerprint density at radius 3 is 2.60 bits per heavy atom. The van der Waals surface area contributed by atoms with Crippen LogP contribution in [0.4, 0.5) is 5.69 Å². The zero-order valence-corrected chi connectivity index (χ0v) is 12.3. The van der Waals surface area contributed by atoms with Crippen LogP contribution in [0.1, 0.15) is 44.0 Å². The molecule has 0 spiro atoms. The van der Waals surface area contributed by atoms with Crippen LogP contribution in [0.15, 0.2) is 24.3 Å². The number of carbonyl (C=O) groups is 2. The lowest BCUT2D eigenvalue weighted by Gasteiger charge is -2.17. The van der Waals surface area contributed by atoms with Crippen molar-refractivity contribution in [1.29, 1.82) is 0 Å². The summed E-state index contributed by atoms with van der Waals surface area (Å²) in [5.74, 6) is -0.247. The molecule has 1 rings (SSSR count). The number of hydrogen-bond donors (Lipinski definition) is 3. The van der Waals surface area contributed by atoms with Crippen molar-refractivity contribution in [3.05, 3.63) is 29.8 Å². The highest BCUT2D eigenvalue weighted by Gasteiger charge is 2.13. The summed E-state index contributed by atoms with van der Waals surface area (Å²) in [5, 5.41) is 5.50. The van der Waals surface area contributed by atoms with E-state index < -0.39 is 0 Å². The number of benzene rings is 1. The molecule has 0 unspecified atom stereocenters. The van der Waals surface area contributed by atoms with Gasteiger partial charge in [-0.3, -0.25) is 9.59 Å². The molecule has 0 saturated carbocycles. The fourth-order valence-corrected chi connectivity index (χ4v) is 1.66. The Morgan fingerprint density at radius 1 is 1.30 bits per heavy atom. The molecule has 0 aromatic heterocycles. The normalized spacial score (nSPS) is 11.0. The molecule has 0 fully saturated rings. The summed E-state index contributed by atoms with van der Waals surface area (Å²) >= 11 is 0. The van der Waals surface area contributed by atoms with E-state index in [9.17, 15) is 9.59 Å². The first-order valence-electron chi connectivity index (χ1n) is 6.79. The third kappa shape index (κ3) is 5.84. The van der Waals surface area contributed by atoms with Gasteiger partial charge >= 0.3 is 0 Å². The lowest BCUT2D eigenvalue weighted by molar-refractivity contribution is -0.116. The second-order valence-electron chi connectivity index (χ2n) is 5.48. The van der Waals surface area contributed by atoms with E-state index in [0.717, 1.165) is 0 Å². The van der Waals surface area contributed by atoms with Crippen molar-refractivity contribution in [3.8, 4) is 0 Å². The van der Waals surface area contributed by atoms with E-state index in [1.54, 1.807) is 24.3 Å². The fraction of sp³-hybridized carbons (Fsp3) is 0.467. The molecular formula is C15H23N3O2. The van der Waals surface area contributed by atoms with Crippen molar-refractivity contribution >= 4 is 17.5 Å². The topological polar surface area (TPSA) is 84.2 Å². The molecule has 5 heteroatoms. The van der Waals surface area contributed by atoms with Crippen molar-refractivity contribution < 1.29 is 9.59 Å². The molecule has 0 aliphatic carbocycles. The van der Waals surface area contributed by atoms with Crippen LogP contribution in [0, 0.1) is 0 Å². The van der Waals surface area contributed by atoms with Crippen LogP contribution in [0.3, 0.4) is 0 Å². The summed E-state index contributed by atoms with van der Waals surface area (Å²) in [4.78, 5) is 23.5. The van der Waals surface area contributed by atoms with Crippen molar-refractivity contribution in [2.45, 2.75) is 39.2 Å². The van der Waals surface area contributed by atoms with Crippen LogP contribution in [0.2, 0.25) is 0 Å². The summed E-state index contributed by atoms with van der Waals surface area (Å²) in [6, 6.07) is 6.88. The van der Waals surface area contributed by atoms with Gasteiger partial charge in [-0.15, -0.1) is 0 Å². The Labute approximate surface area is 119 Å². The van der Waals surface area contributed by atoms with Gasteiger partial charge < -0.3 is 16.4 Å². The molecule has 5 nitrogen and oxygen atoms in total. The molecule has 20 heavy (non-hydrogen) atoms. The quantitative estimate of drug-likeness (QED) is 0.742. The first-order valence-corrected chi connectivity index (χ1v) is 6.79. The number of nitrogens with two attached hydrogens (primary N) is 1. The van der Waals surface area contributed by atoms with Gasteiger partial charge in [-0.1, -0.05) is 6.07 Å². The second-order valence-corrected chi connectivity index (χ2v) is 5.48. The molecule has 0 bridgehead atoms. The highest BCUT2D eigenvalue weighted by atomic mass is 16.2. The summed E-state index contributed by atoms with van der Waals surface area (Å²) in [6.45, 7) is 6.20. The summed E-state index contributed by atoms with van der Waals surface area (Å²) in [7, 11) is 0. The number of anilines is 1. The molecule has 0 radical (unpaired) electrons. The van der Waals surface area contributed by atoms with Crippen molar-refractivity contribution in [1.82, 2.24) is 5.32 Å². The monoisotopic (exact) mass is 277 g/mol. The number of rotatable bonds is 6. The molecule has 1 aromatic carbocycles. The minimum Gasteiger partial charge on any atom is -0.352 e. The number of carbonyl (C=O) groups excluding carboxylic acids is 2. The molecule has 4 N–H and O–H groups in total. The standard InChI is InChI=1S/C15H23N3O2/c1-4-17-14(20)11-6-5-7-12(10-11)18-13(19)8-9-15(2,3)16/h5-7,10H,4,8-9,16H2,1-3H3,(H,17,20)(H,18,19). The van der Waals surface area contributed by atoms with Crippen LogP contribution >= 0.6 is 0 Å². The Hall–Kier alpha value is -1.88.